The largest absolute Gasteiger partial charge is 0.478 e. The molecule has 0 bridgehead atoms. The van der Waals surface area contributed by atoms with Gasteiger partial charge < -0.3 is 4.74 Å². The van der Waals surface area contributed by atoms with Gasteiger partial charge in [0.2, 0.25) is 5.91 Å². The summed E-state index contributed by atoms with van der Waals surface area (Å²) >= 11 is 12.2. The zero-order chi connectivity index (χ0) is 23.4. The first kappa shape index (κ1) is 23.6. The molecule has 3 aromatic rings. The highest BCUT2D eigenvalue weighted by Gasteiger charge is 2.20. The molecule has 0 radical (unpaired) electrons. The van der Waals surface area contributed by atoms with Crippen molar-refractivity contribution in [2.75, 3.05) is 0 Å². The third-order valence-corrected chi connectivity index (χ3v) is 5.29. The van der Waals surface area contributed by atoms with Gasteiger partial charge in [-0.05, 0) is 51.1 Å². The van der Waals surface area contributed by atoms with Crippen molar-refractivity contribution in [3.8, 4) is 11.4 Å². The standard InChI is InChI=1S/C22H21Cl2FN4O3/c1-12-16(13(2)29(28-12)19-9-8-15(23)10-17(19)24)11-21(30)26-27-22(31)14(3)32-20-7-5-4-6-18(20)25/h4-10,14H,11H2,1-3H3,(H,26,30)(H,27,31). The van der Waals surface area contributed by atoms with Crippen molar-refractivity contribution in [1.82, 2.24) is 20.6 Å². The Hall–Kier alpha value is -3.10. The fraction of sp³-hybridized carbons (Fsp3) is 0.227. The van der Waals surface area contributed by atoms with Gasteiger partial charge in [-0.3, -0.25) is 20.4 Å². The van der Waals surface area contributed by atoms with Crippen LogP contribution < -0.4 is 15.6 Å². The lowest BCUT2D eigenvalue weighted by molar-refractivity contribution is -0.132. The number of benzene rings is 2. The molecule has 32 heavy (non-hydrogen) atoms. The van der Waals surface area contributed by atoms with Gasteiger partial charge in [0.15, 0.2) is 17.7 Å². The molecule has 0 spiro atoms. The number of aryl methyl sites for hydroxylation is 1. The Bertz CT molecular complexity index is 1170. The summed E-state index contributed by atoms with van der Waals surface area (Å²) in [4.78, 5) is 24.6. The van der Waals surface area contributed by atoms with Gasteiger partial charge in [-0.15, -0.1) is 0 Å². The topological polar surface area (TPSA) is 85.3 Å². The highest BCUT2D eigenvalue weighted by molar-refractivity contribution is 6.35. The Morgan fingerprint density at radius 1 is 1.16 bits per heavy atom. The summed E-state index contributed by atoms with van der Waals surface area (Å²) in [6.07, 6.45) is -1.04. The molecule has 3 rings (SSSR count). The van der Waals surface area contributed by atoms with Crippen molar-refractivity contribution in [3.63, 3.8) is 0 Å². The van der Waals surface area contributed by atoms with E-state index in [-0.39, 0.29) is 12.2 Å². The second kappa shape index (κ2) is 10.0. The smallest absolute Gasteiger partial charge is 0.279 e. The van der Waals surface area contributed by atoms with Crippen molar-refractivity contribution in [3.05, 3.63) is 75.3 Å². The maximum absolute atomic E-state index is 13.7. The fourth-order valence-corrected chi connectivity index (χ4v) is 3.53. The zero-order valence-electron chi connectivity index (χ0n) is 17.6. The average Bonchev–Trinajstić information content (AvgIpc) is 3.01. The molecular formula is C22H21Cl2FN4O3. The van der Waals surface area contributed by atoms with Crippen LogP contribution in [0.5, 0.6) is 5.75 Å². The number of hydrogen-bond acceptors (Lipinski definition) is 4. The number of para-hydroxylation sites is 1. The van der Waals surface area contributed by atoms with Gasteiger partial charge >= 0.3 is 0 Å². The lowest BCUT2D eigenvalue weighted by atomic mass is 10.1. The minimum absolute atomic E-state index is 0.0221. The molecule has 0 saturated heterocycles. The molecule has 0 fully saturated rings. The number of aromatic nitrogens is 2. The van der Waals surface area contributed by atoms with Gasteiger partial charge in [0.1, 0.15) is 0 Å². The van der Waals surface area contributed by atoms with E-state index in [1.807, 2.05) is 6.92 Å². The molecule has 0 aliphatic heterocycles. The van der Waals surface area contributed by atoms with Gasteiger partial charge in [0.05, 0.1) is 22.8 Å². The van der Waals surface area contributed by atoms with E-state index < -0.39 is 23.7 Å². The molecule has 7 nitrogen and oxygen atoms in total. The van der Waals surface area contributed by atoms with Crippen molar-refractivity contribution in [2.45, 2.75) is 33.3 Å². The van der Waals surface area contributed by atoms with E-state index in [1.165, 1.54) is 25.1 Å². The van der Waals surface area contributed by atoms with Gasteiger partial charge in [-0.2, -0.15) is 5.10 Å². The zero-order valence-corrected chi connectivity index (χ0v) is 19.1. The number of rotatable bonds is 6. The normalized spacial score (nSPS) is 11.7. The van der Waals surface area contributed by atoms with Gasteiger partial charge in [0, 0.05) is 16.3 Å². The summed E-state index contributed by atoms with van der Waals surface area (Å²) in [6.45, 7) is 5.04. The van der Waals surface area contributed by atoms with E-state index in [9.17, 15) is 14.0 Å². The van der Waals surface area contributed by atoms with Crippen LogP contribution in [0.15, 0.2) is 42.5 Å². The SMILES string of the molecule is Cc1nn(-c2ccc(Cl)cc2Cl)c(C)c1CC(=O)NNC(=O)C(C)Oc1ccccc1F. The second-order valence-electron chi connectivity index (χ2n) is 7.06. The quantitative estimate of drug-likeness (QED) is 0.522. The number of halogens is 3. The molecular weight excluding hydrogens is 458 g/mol. The van der Waals surface area contributed by atoms with Crippen molar-refractivity contribution < 1.29 is 18.7 Å². The molecule has 1 aromatic heterocycles. The van der Waals surface area contributed by atoms with Gasteiger partial charge in [-0.1, -0.05) is 35.3 Å². The molecule has 1 atom stereocenters. The maximum atomic E-state index is 13.7. The molecule has 2 N–H and O–H groups in total. The number of ether oxygens (including phenoxy) is 1. The van der Waals surface area contributed by atoms with Crippen LogP contribution in [-0.4, -0.2) is 27.7 Å². The lowest BCUT2D eigenvalue weighted by Gasteiger charge is -2.15. The summed E-state index contributed by atoms with van der Waals surface area (Å²) in [5.74, 6) is -1.72. The Labute approximate surface area is 194 Å². The van der Waals surface area contributed by atoms with E-state index >= 15 is 0 Å². The van der Waals surface area contributed by atoms with Gasteiger partial charge in [-0.25, -0.2) is 9.07 Å². The molecule has 0 aliphatic rings. The average molecular weight is 479 g/mol. The molecule has 10 heteroatoms. The van der Waals surface area contributed by atoms with Crippen LogP contribution in [0.1, 0.15) is 23.9 Å². The monoisotopic (exact) mass is 478 g/mol. The van der Waals surface area contributed by atoms with Crippen LogP contribution in [0.3, 0.4) is 0 Å². The summed E-state index contributed by atoms with van der Waals surface area (Å²) in [5.41, 5.74) is 7.33. The number of nitrogens with one attached hydrogen (secondary N) is 2. The van der Waals surface area contributed by atoms with Crippen LogP contribution >= 0.6 is 23.2 Å². The van der Waals surface area contributed by atoms with Crippen LogP contribution in [0.2, 0.25) is 10.0 Å². The lowest BCUT2D eigenvalue weighted by Crippen LogP contribution is -2.47. The number of amides is 2. The Balaban J connectivity index is 1.62. The first-order valence-electron chi connectivity index (χ1n) is 9.67. The Morgan fingerprint density at radius 3 is 2.56 bits per heavy atom. The number of carbonyl (C=O) groups excluding carboxylic acids is 2. The predicted octanol–water partition coefficient (Wildman–Crippen LogP) is 4.09. The van der Waals surface area contributed by atoms with Crippen LogP contribution in [-0.2, 0) is 16.0 Å². The fourth-order valence-electron chi connectivity index (χ4n) is 3.04. The first-order valence-corrected chi connectivity index (χ1v) is 10.4. The molecule has 1 heterocycles. The molecule has 2 aromatic carbocycles. The summed E-state index contributed by atoms with van der Waals surface area (Å²) in [7, 11) is 0. The van der Waals surface area contributed by atoms with Crippen LogP contribution in [0.25, 0.3) is 5.69 Å². The third-order valence-electron chi connectivity index (χ3n) is 4.75. The molecule has 0 aliphatic carbocycles. The Kier molecular flexibility index (Phi) is 7.37. The van der Waals surface area contributed by atoms with Gasteiger partial charge in [0.25, 0.3) is 5.91 Å². The third kappa shape index (κ3) is 5.38. The highest BCUT2D eigenvalue weighted by atomic mass is 35.5. The first-order chi connectivity index (χ1) is 15.2. The molecule has 1 unspecified atom stereocenters. The molecule has 168 valence electrons. The number of hydrazine groups is 1. The minimum Gasteiger partial charge on any atom is -0.478 e. The van der Waals surface area contributed by atoms with Crippen molar-refractivity contribution >= 4 is 35.0 Å². The van der Waals surface area contributed by atoms with E-state index in [0.717, 1.165) is 5.69 Å². The van der Waals surface area contributed by atoms with Crippen LogP contribution in [0, 0.1) is 19.7 Å². The summed E-state index contributed by atoms with van der Waals surface area (Å²) in [5, 5.41) is 5.40. The predicted molar refractivity (Wildman–Crippen MR) is 120 cm³/mol. The number of carbonyl (C=O) groups is 2. The summed E-state index contributed by atoms with van der Waals surface area (Å²) < 4.78 is 20.6. The van der Waals surface area contributed by atoms with Crippen molar-refractivity contribution in [2.24, 2.45) is 0 Å². The van der Waals surface area contributed by atoms with E-state index in [4.69, 9.17) is 27.9 Å². The van der Waals surface area contributed by atoms with E-state index in [0.29, 0.717) is 27.0 Å². The Morgan fingerprint density at radius 2 is 1.88 bits per heavy atom. The summed E-state index contributed by atoms with van der Waals surface area (Å²) in [6, 6.07) is 10.8. The highest BCUT2D eigenvalue weighted by Crippen LogP contribution is 2.27. The van der Waals surface area contributed by atoms with Crippen molar-refractivity contribution in [1.29, 1.82) is 0 Å². The van der Waals surface area contributed by atoms with Crippen LogP contribution in [0.4, 0.5) is 4.39 Å². The maximum Gasteiger partial charge on any atom is 0.279 e. The number of nitrogens with zero attached hydrogens (tertiary/aromatic N) is 2. The second-order valence-corrected chi connectivity index (χ2v) is 7.91. The number of hydrogen-bond donors (Lipinski definition) is 2. The molecule has 0 saturated carbocycles. The minimum atomic E-state index is -1.02. The van der Waals surface area contributed by atoms with E-state index in [1.54, 1.807) is 35.9 Å². The molecule has 2 amide bonds. The van der Waals surface area contributed by atoms with E-state index in [2.05, 4.69) is 16.0 Å².